The van der Waals surface area contributed by atoms with Crippen LogP contribution >= 0.6 is 0 Å². The Morgan fingerprint density at radius 1 is 1.17 bits per heavy atom. The Morgan fingerprint density at radius 2 is 1.86 bits per heavy atom. The van der Waals surface area contributed by atoms with Gasteiger partial charge in [-0.05, 0) is 62.6 Å². The Balaban J connectivity index is 1.41. The summed E-state index contributed by atoms with van der Waals surface area (Å²) in [5.41, 5.74) is 0.648. The molecule has 1 saturated carbocycles. The molecule has 8 nitrogen and oxygen atoms in total. The number of rotatable bonds is 6. The Hall–Kier alpha value is -3.49. The van der Waals surface area contributed by atoms with E-state index in [4.69, 9.17) is 4.74 Å². The number of esters is 1. The number of ether oxygens (including phenoxy) is 1. The molecule has 2 heterocycles. The molecule has 192 valence electrons. The second-order valence-corrected chi connectivity index (χ2v) is 10.9. The molecule has 1 N–H and O–H groups in total. The van der Waals surface area contributed by atoms with Gasteiger partial charge < -0.3 is 14.6 Å². The molecule has 1 aliphatic heterocycles. The lowest BCUT2D eigenvalue weighted by atomic mass is 9.64. The van der Waals surface area contributed by atoms with Crippen molar-refractivity contribution in [1.29, 1.82) is 0 Å². The number of hydrogen-bond acceptors (Lipinski definition) is 5. The standard InChI is InChI=1S/C27H32FN3O5/c1-16-11-26(4,5)15-27(12-16)24(34)30(25(35)29-27)13-23(33)36-14-22(32)19-10-17(2)31(18(19)3)21-9-7-6-8-20(21)28/h6-10,16H,11-15H2,1-5H3,(H,29,35). The minimum atomic E-state index is -1.02. The van der Waals surface area contributed by atoms with Crippen molar-refractivity contribution in [2.75, 3.05) is 13.2 Å². The number of nitrogens with one attached hydrogen (secondary N) is 1. The molecule has 2 aromatic rings. The van der Waals surface area contributed by atoms with Crippen molar-refractivity contribution in [3.05, 3.63) is 53.1 Å². The summed E-state index contributed by atoms with van der Waals surface area (Å²) in [6.07, 6.45) is 1.96. The number of carbonyl (C=O) groups excluding carboxylic acids is 4. The van der Waals surface area contributed by atoms with E-state index in [-0.39, 0.29) is 11.3 Å². The zero-order valence-electron chi connectivity index (χ0n) is 21.3. The van der Waals surface area contributed by atoms with E-state index in [1.807, 2.05) is 6.92 Å². The first-order valence-electron chi connectivity index (χ1n) is 12.1. The molecule has 2 fully saturated rings. The van der Waals surface area contributed by atoms with Gasteiger partial charge in [0.05, 0.1) is 5.69 Å². The zero-order chi connectivity index (χ0) is 26.4. The quantitative estimate of drug-likeness (QED) is 0.368. The predicted octanol–water partition coefficient (Wildman–Crippen LogP) is 4.10. The number of urea groups is 1. The van der Waals surface area contributed by atoms with Crippen LogP contribution in [0.15, 0.2) is 30.3 Å². The molecule has 36 heavy (non-hydrogen) atoms. The number of Topliss-reactive ketones (excluding diaryl/α,β-unsaturated/α-hetero) is 1. The molecule has 4 rings (SSSR count). The maximum Gasteiger partial charge on any atom is 0.326 e. The van der Waals surface area contributed by atoms with E-state index >= 15 is 0 Å². The highest BCUT2D eigenvalue weighted by Crippen LogP contribution is 2.46. The minimum absolute atomic E-state index is 0.126. The first kappa shape index (κ1) is 25.6. The SMILES string of the molecule is Cc1cc(C(=O)COC(=O)CN2C(=O)NC3(CC(C)CC(C)(C)C3)C2=O)c(C)n1-c1ccccc1F. The van der Waals surface area contributed by atoms with Crippen LogP contribution in [0.4, 0.5) is 9.18 Å². The maximum atomic E-state index is 14.3. The van der Waals surface area contributed by atoms with Crippen molar-refractivity contribution in [1.82, 2.24) is 14.8 Å². The first-order chi connectivity index (χ1) is 16.8. The number of amides is 3. The van der Waals surface area contributed by atoms with Gasteiger partial charge in [0, 0.05) is 17.0 Å². The van der Waals surface area contributed by atoms with Gasteiger partial charge >= 0.3 is 12.0 Å². The van der Waals surface area contributed by atoms with Crippen LogP contribution in [0.1, 0.15) is 61.8 Å². The predicted molar refractivity (Wildman–Crippen MR) is 130 cm³/mol. The molecule has 0 bridgehead atoms. The number of ketones is 1. The molecule has 1 spiro atoms. The van der Waals surface area contributed by atoms with Crippen molar-refractivity contribution >= 4 is 23.7 Å². The van der Waals surface area contributed by atoms with E-state index in [1.165, 1.54) is 6.07 Å². The summed E-state index contributed by atoms with van der Waals surface area (Å²) in [5.74, 6) is -1.92. The summed E-state index contributed by atoms with van der Waals surface area (Å²) in [6.45, 7) is 8.50. The molecule has 0 radical (unpaired) electrons. The lowest BCUT2D eigenvalue weighted by Crippen LogP contribution is -2.54. The average molecular weight is 498 g/mol. The maximum absolute atomic E-state index is 14.3. The summed E-state index contributed by atoms with van der Waals surface area (Å²) >= 11 is 0. The molecule has 2 unspecified atom stereocenters. The summed E-state index contributed by atoms with van der Waals surface area (Å²) in [5, 5.41) is 2.82. The van der Waals surface area contributed by atoms with Crippen LogP contribution < -0.4 is 5.32 Å². The van der Waals surface area contributed by atoms with Crippen molar-refractivity contribution in [2.45, 2.75) is 59.4 Å². The molecular formula is C27H32FN3O5. The van der Waals surface area contributed by atoms with Crippen LogP contribution in [0.3, 0.4) is 0 Å². The Morgan fingerprint density at radius 3 is 2.53 bits per heavy atom. The molecule has 2 aliphatic rings. The third-order valence-electron chi connectivity index (χ3n) is 7.10. The summed E-state index contributed by atoms with van der Waals surface area (Å²) in [6, 6.07) is 7.23. The topological polar surface area (TPSA) is 97.7 Å². The van der Waals surface area contributed by atoms with Crippen molar-refractivity contribution in [2.24, 2.45) is 11.3 Å². The van der Waals surface area contributed by atoms with Crippen LogP contribution in [-0.4, -0.2) is 51.8 Å². The van der Waals surface area contributed by atoms with Crippen LogP contribution in [0.2, 0.25) is 0 Å². The van der Waals surface area contributed by atoms with Crippen LogP contribution in [-0.2, 0) is 14.3 Å². The molecule has 1 aliphatic carbocycles. The molecule has 3 amide bonds. The Kier molecular flexibility index (Phi) is 6.53. The summed E-state index contributed by atoms with van der Waals surface area (Å²) in [7, 11) is 0. The highest BCUT2D eigenvalue weighted by Gasteiger charge is 2.56. The highest BCUT2D eigenvalue weighted by atomic mass is 19.1. The summed E-state index contributed by atoms with van der Waals surface area (Å²) in [4.78, 5) is 52.0. The lowest BCUT2D eigenvalue weighted by molar-refractivity contribution is -0.147. The van der Waals surface area contributed by atoms with E-state index in [9.17, 15) is 23.6 Å². The third kappa shape index (κ3) is 4.66. The van der Waals surface area contributed by atoms with Crippen LogP contribution in [0, 0.1) is 31.0 Å². The van der Waals surface area contributed by atoms with E-state index in [0.29, 0.717) is 35.5 Å². The minimum Gasteiger partial charge on any atom is -0.456 e. The molecular weight excluding hydrogens is 465 g/mol. The van der Waals surface area contributed by atoms with E-state index in [2.05, 4.69) is 19.2 Å². The summed E-state index contributed by atoms with van der Waals surface area (Å²) < 4.78 is 21.1. The number of hydrogen-bond donors (Lipinski definition) is 1. The van der Waals surface area contributed by atoms with E-state index in [0.717, 1.165) is 11.3 Å². The normalized spacial score (nSPS) is 23.2. The van der Waals surface area contributed by atoms with E-state index < -0.39 is 48.2 Å². The number of nitrogens with zero attached hydrogens (tertiary/aromatic N) is 2. The fourth-order valence-electron chi connectivity index (χ4n) is 6.10. The molecule has 1 aromatic heterocycles. The fourth-order valence-corrected chi connectivity index (χ4v) is 6.10. The smallest absolute Gasteiger partial charge is 0.326 e. The van der Waals surface area contributed by atoms with Gasteiger partial charge in [-0.15, -0.1) is 0 Å². The first-order valence-corrected chi connectivity index (χ1v) is 12.1. The number of imide groups is 1. The largest absolute Gasteiger partial charge is 0.456 e. The van der Waals surface area contributed by atoms with Crippen molar-refractivity contribution in [3.8, 4) is 5.69 Å². The monoisotopic (exact) mass is 497 g/mol. The number of aromatic nitrogens is 1. The van der Waals surface area contributed by atoms with Gasteiger partial charge in [-0.1, -0.05) is 32.9 Å². The zero-order valence-corrected chi connectivity index (χ0v) is 21.3. The van der Waals surface area contributed by atoms with Crippen LogP contribution in [0.25, 0.3) is 5.69 Å². The second-order valence-electron chi connectivity index (χ2n) is 10.9. The number of carbonyl (C=O) groups is 4. The van der Waals surface area contributed by atoms with Crippen LogP contribution in [0.5, 0.6) is 0 Å². The van der Waals surface area contributed by atoms with Gasteiger partial charge in [-0.25, -0.2) is 9.18 Å². The van der Waals surface area contributed by atoms with Gasteiger partial charge in [0.25, 0.3) is 5.91 Å². The van der Waals surface area contributed by atoms with Crippen molar-refractivity contribution < 1.29 is 28.3 Å². The van der Waals surface area contributed by atoms with Crippen molar-refractivity contribution in [3.63, 3.8) is 0 Å². The van der Waals surface area contributed by atoms with Gasteiger partial charge in [0.2, 0.25) is 5.78 Å². The number of para-hydroxylation sites is 1. The molecule has 9 heteroatoms. The second kappa shape index (κ2) is 9.19. The number of halogens is 1. The molecule has 1 aromatic carbocycles. The Labute approximate surface area is 209 Å². The Bertz CT molecular complexity index is 1250. The highest BCUT2D eigenvalue weighted by molar-refractivity contribution is 6.09. The van der Waals surface area contributed by atoms with Gasteiger partial charge in [-0.2, -0.15) is 0 Å². The molecule has 1 saturated heterocycles. The van der Waals surface area contributed by atoms with Gasteiger partial charge in [0.15, 0.2) is 6.61 Å². The van der Waals surface area contributed by atoms with E-state index in [1.54, 1.807) is 42.7 Å². The fraction of sp³-hybridized carbons (Fsp3) is 0.481. The molecule has 2 atom stereocenters. The lowest BCUT2D eigenvalue weighted by Gasteiger charge is -2.43. The number of benzene rings is 1. The van der Waals surface area contributed by atoms with Gasteiger partial charge in [-0.3, -0.25) is 19.3 Å². The third-order valence-corrected chi connectivity index (χ3v) is 7.10. The van der Waals surface area contributed by atoms with Gasteiger partial charge in [0.1, 0.15) is 17.9 Å². The number of aryl methyl sites for hydroxylation is 1. The average Bonchev–Trinajstić information content (AvgIpc) is 3.18.